The molecular formula is C19H19FN4O. The Bertz CT molecular complexity index is 857. The lowest BCUT2D eigenvalue weighted by molar-refractivity contribution is 0.191. The summed E-state index contributed by atoms with van der Waals surface area (Å²) in [4.78, 5) is 22.3. The number of hydrogen-bond acceptors (Lipinski definition) is 2. The van der Waals surface area contributed by atoms with Gasteiger partial charge < -0.3 is 15.2 Å². The molecule has 0 aliphatic carbocycles. The third-order valence-corrected chi connectivity index (χ3v) is 4.60. The minimum Gasteiger partial charge on any atom is -0.342 e. The summed E-state index contributed by atoms with van der Waals surface area (Å²) in [6.45, 7) is 1.33. The quantitative estimate of drug-likeness (QED) is 0.738. The molecule has 0 saturated carbocycles. The third-order valence-electron chi connectivity index (χ3n) is 4.60. The van der Waals surface area contributed by atoms with Crippen molar-refractivity contribution in [1.82, 2.24) is 14.9 Å². The van der Waals surface area contributed by atoms with Gasteiger partial charge in [-0.25, -0.2) is 14.2 Å². The van der Waals surface area contributed by atoms with Crippen molar-refractivity contribution >= 4 is 22.8 Å². The van der Waals surface area contributed by atoms with Crippen molar-refractivity contribution in [2.24, 2.45) is 0 Å². The molecule has 2 N–H and O–H groups in total. The second-order valence-corrected chi connectivity index (χ2v) is 6.36. The summed E-state index contributed by atoms with van der Waals surface area (Å²) in [5.41, 5.74) is 2.56. The summed E-state index contributed by atoms with van der Waals surface area (Å²) < 4.78 is 13.0. The maximum atomic E-state index is 13.0. The average molecular weight is 338 g/mol. The second-order valence-electron chi connectivity index (χ2n) is 6.36. The zero-order chi connectivity index (χ0) is 17.2. The predicted octanol–water partition coefficient (Wildman–Crippen LogP) is 4.11. The summed E-state index contributed by atoms with van der Waals surface area (Å²) in [6.07, 6.45) is 1.93. The van der Waals surface area contributed by atoms with E-state index >= 15 is 0 Å². The van der Waals surface area contributed by atoms with Gasteiger partial charge in [0.05, 0.1) is 11.0 Å². The molecule has 25 heavy (non-hydrogen) atoms. The molecule has 2 heterocycles. The van der Waals surface area contributed by atoms with Crippen molar-refractivity contribution in [1.29, 1.82) is 0 Å². The molecule has 1 unspecified atom stereocenters. The highest BCUT2D eigenvalue weighted by Crippen LogP contribution is 2.27. The van der Waals surface area contributed by atoms with Gasteiger partial charge in [0, 0.05) is 24.7 Å². The highest BCUT2D eigenvalue weighted by Gasteiger charge is 2.26. The first-order valence-corrected chi connectivity index (χ1v) is 8.45. The lowest BCUT2D eigenvalue weighted by atomic mass is 9.97. The number of imidazole rings is 1. The number of para-hydroxylation sites is 2. The fourth-order valence-corrected chi connectivity index (χ4v) is 3.29. The number of amides is 2. The molecule has 1 fully saturated rings. The number of anilines is 1. The van der Waals surface area contributed by atoms with Crippen molar-refractivity contribution in [3.8, 4) is 0 Å². The number of halogens is 1. The van der Waals surface area contributed by atoms with Gasteiger partial charge in [0.15, 0.2) is 0 Å². The molecule has 1 aromatic heterocycles. The van der Waals surface area contributed by atoms with Crippen molar-refractivity contribution < 1.29 is 9.18 Å². The highest BCUT2D eigenvalue weighted by atomic mass is 19.1. The van der Waals surface area contributed by atoms with E-state index in [1.807, 2.05) is 24.3 Å². The summed E-state index contributed by atoms with van der Waals surface area (Å²) in [6, 6.07) is 13.6. The first-order valence-electron chi connectivity index (χ1n) is 8.45. The molecule has 0 radical (unpaired) electrons. The molecule has 2 amide bonds. The smallest absolute Gasteiger partial charge is 0.321 e. The third kappa shape index (κ3) is 3.33. The maximum absolute atomic E-state index is 13.0. The number of fused-ring (bicyclic) bond motifs is 1. The van der Waals surface area contributed by atoms with Crippen molar-refractivity contribution in [2.75, 3.05) is 18.4 Å². The molecule has 1 saturated heterocycles. The molecule has 3 aromatic rings. The standard InChI is InChI=1S/C19H19FN4O/c20-14-7-9-15(10-8-14)21-19(25)24-11-3-4-13(12-24)18-22-16-5-1-2-6-17(16)23-18/h1-2,5-10,13H,3-4,11-12H2,(H,21,25)(H,22,23). The number of H-pyrrole nitrogens is 1. The van der Waals surface area contributed by atoms with Gasteiger partial charge in [-0.05, 0) is 49.2 Å². The number of carbonyl (C=O) groups excluding carboxylic acids is 1. The predicted molar refractivity (Wildman–Crippen MR) is 95.1 cm³/mol. The maximum Gasteiger partial charge on any atom is 0.321 e. The molecule has 1 aliphatic rings. The molecule has 0 spiro atoms. The molecular weight excluding hydrogens is 319 g/mol. The Labute approximate surface area is 144 Å². The summed E-state index contributed by atoms with van der Waals surface area (Å²) in [5, 5.41) is 2.83. The van der Waals surface area contributed by atoms with Gasteiger partial charge in [0.25, 0.3) is 0 Å². The van der Waals surface area contributed by atoms with Gasteiger partial charge in [0.2, 0.25) is 0 Å². The van der Waals surface area contributed by atoms with Crippen LogP contribution in [-0.2, 0) is 0 Å². The number of benzene rings is 2. The first-order chi connectivity index (χ1) is 12.2. The van der Waals surface area contributed by atoms with E-state index in [9.17, 15) is 9.18 Å². The number of piperidine rings is 1. The van der Waals surface area contributed by atoms with Crippen LogP contribution in [0.4, 0.5) is 14.9 Å². The number of carbonyl (C=O) groups is 1. The number of hydrogen-bond donors (Lipinski definition) is 2. The fraction of sp³-hybridized carbons (Fsp3) is 0.263. The van der Waals surface area contributed by atoms with Crippen LogP contribution in [0.1, 0.15) is 24.6 Å². The molecule has 1 aliphatic heterocycles. The number of urea groups is 1. The molecule has 128 valence electrons. The van der Waals surface area contributed by atoms with E-state index in [1.165, 1.54) is 12.1 Å². The lowest BCUT2D eigenvalue weighted by Gasteiger charge is -2.31. The van der Waals surface area contributed by atoms with Crippen molar-refractivity contribution in [3.63, 3.8) is 0 Å². The largest absolute Gasteiger partial charge is 0.342 e. The molecule has 5 nitrogen and oxygen atoms in total. The number of aromatic amines is 1. The van der Waals surface area contributed by atoms with Crippen molar-refractivity contribution in [2.45, 2.75) is 18.8 Å². The van der Waals surface area contributed by atoms with E-state index in [0.717, 1.165) is 29.7 Å². The normalized spacial score (nSPS) is 17.6. The Morgan fingerprint density at radius 1 is 1.20 bits per heavy atom. The van der Waals surface area contributed by atoms with Gasteiger partial charge in [-0.3, -0.25) is 0 Å². The van der Waals surface area contributed by atoms with Crippen LogP contribution < -0.4 is 5.32 Å². The van der Waals surface area contributed by atoms with Crippen LogP contribution in [0.15, 0.2) is 48.5 Å². The average Bonchev–Trinajstić information content (AvgIpc) is 3.08. The van der Waals surface area contributed by atoms with Gasteiger partial charge >= 0.3 is 6.03 Å². The van der Waals surface area contributed by atoms with E-state index in [-0.39, 0.29) is 17.8 Å². The van der Waals surface area contributed by atoms with Crippen molar-refractivity contribution in [3.05, 3.63) is 60.2 Å². The van der Waals surface area contributed by atoms with Gasteiger partial charge in [-0.15, -0.1) is 0 Å². The Morgan fingerprint density at radius 2 is 2.00 bits per heavy atom. The fourth-order valence-electron chi connectivity index (χ4n) is 3.29. The summed E-state index contributed by atoms with van der Waals surface area (Å²) >= 11 is 0. The Hall–Kier alpha value is -2.89. The Morgan fingerprint density at radius 3 is 2.80 bits per heavy atom. The van der Waals surface area contributed by atoms with Crippen LogP contribution in [0.25, 0.3) is 11.0 Å². The SMILES string of the molecule is O=C(Nc1ccc(F)cc1)N1CCCC(c2nc3ccccc3[nH]2)C1. The van der Waals surface area contributed by atoms with Crippen LogP contribution in [0, 0.1) is 5.82 Å². The van der Waals surface area contributed by atoms with E-state index in [0.29, 0.717) is 18.8 Å². The minimum absolute atomic E-state index is 0.160. The molecule has 6 heteroatoms. The van der Waals surface area contributed by atoms with Crippen LogP contribution in [-0.4, -0.2) is 34.0 Å². The summed E-state index contributed by atoms with van der Waals surface area (Å²) in [5.74, 6) is 0.807. The number of rotatable bonds is 2. The zero-order valence-electron chi connectivity index (χ0n) is 13.7. The number of likely N-dealkylation sites (tertiary alicyclic amines) is 1. The van der Waals surface area contributed by atoms with E-state index in [1.54, 1.807) is 17.0 Å². The molecule has 4 rings (SSSR count). The number of nitrogens with one attached hydrogen (secondary N) is 2. The molecule has 1 atom stereocenters. The molecule has 2 aromatic carbocycles. The van der Waals surface area contributed by atoms with Gasteiger partial charge in [-0.2, -0.15) is 0 Å². The Balaban J connectivity index is 1.46. The highest BCUT2D eigenvalue weighted by molar-refractivity contribution is 5.89. The van der Waals surface area contributed by atoms with Gasteiger partial charge in [0.1, 0.15) is 11.6 Å². The zero-order valence-corrected chi connectivity index (χ0v) is 13.7. The first kappa shape index (κ1) is 15.6. The molecule has 0 bridgehead atoms. The van der Waals surface area contributed by atoms with E-state index in [2.05, 4.69) is 15.3 Å². The topological polar surface area (TPSA) is 61.0 Å². The monoisotopic (exact) mass is 338 g/mol. The number of aromatic nitrogens is 2. The van der Waals surface area contributed by atoms with Crippen LogP contribution in [0.2, 0.25) is 0 Å². The van der Waals surface area contributed by atoms with Crippen LogP contribution in [0.3, 0.4) is 0 Å². The number of nitrogens with zero attached hydrogens (tertiary/aromatic N) is 2. The second kappa shape index (κ2) is 6.55. The van der Waals surface area contributed by atoms with Gasteiger partial charge in [-0.1, -0.05) is 12.1 Å². The summed E-state index contributed by atoms with van der Waals surface area (Å²) in [7, 11) is 0. The lowest BCUT2D eigenvalue weighted by Crippen LogP contribution is -2.41. The van der Waals surface area contributed by atoms with Crippen LogP contribution in [0.5, 0.6) is 0 Å². The Kier molecular flexibility index (Phi) is 4.09. The van der Waals surface area contributed by atoms with E-state index < -0.39 is 0 Å². The van der Waals surface area contributed by atoms with Crippen LogP contribution >= 0.6 is 0 Å². The minimum atomic E-state index is -0.319. The van der Waals surface area contributed by atoms with E-state index in [4.69, 9.17) is 0 Å².